The number of amides is 1. The lowest BCUT2D eigenvalue weighted by Crippen LogP contribution is -2.51. The number of nitrogens with zero attached hydrogens (tertiary/aromatic N) is 1. The summed E-state index contributed by atoms with van der Waals surface area (Å²) in [6, 6.07) is -0.474. The van der Waals surface area contributed by atoms with Crippen LogP contribution in [0.3, 0.4) is 0 Å². The number of aliphatic hydroxyl groups is 1. The van der Waals surface area contributed by atoms with Crippen molar-refractivity contribution in [1.29, 1.82) is 0 Å². The van der Waals surface area contributed by atoms with Crippen LogP contribution < -0.4 is 5.73 Å². The Labute approximate surface area is 109 Å². The average molecular weight is 258 g/mol. The molecule has 1 fully saturated rings. The summed E-state index contributed by atoms with van der Waals surface area (Å²) in [5, 5.41) is 10.3. The molecular weight excluding hydrogens is 232 g/mol. The first kappa shape index (κ1) is 15.4. The number of nitrogens with two attached hydrogens (primary N) is 1. The van der Waals surface area contributed by atoms with E-state index in [4.69, 9.17) is 10.5 Å². The Balaban J connectivity index is 2.48. The monoisotopic (exact) mass is 258 g/mol. The summed E-state index contributed by atoms with van der Waals surface area (Å²) in [6.45, 7) is 5.52. The largest absolute Gasteiger partial charge is 0.388 e. The Bertz CT molecular complexity index is 275. The number of carbonyl (C=O) groups excluding carboxylic acids is 1. The molecule has 3 N–H and O–H groups in total. The van der Waals surface area contributed by atoms with Gasteiger partial charge in [-0.25, -0.2) is 0 Å². The first-order valence-electron chi connectivity index (χ1n) is 6.65. The van der Waals surface area contributed by atoms with Crippen LogP contribution in [0.2, 0.25) is 0 Å². The topological polar surface area (TPSA) is 75.8 Å². The van der Waals surface area contributed by atoms with E-state index in [1.54, 1.807) is 11.9 Å². The normalized spacial score (nSPS) is 20.8. The Morgan fingerprint density at radius 2 is 2.00 bits per heavy atom. The molecule has 0 aromatic rings. The SMILES string of the molecule is CC(C)CC(N)C(=O)N(C)CC1(O)CCOCC1. The summed E-state index contributed by atoms with van der Waals surface area (Å²) in [5.74, 6) is 0.298. The molecule has 1 aliphatic heterocycles. The molecule has 1 aliphatic rings. The van der Waals surface area contributed by atoms with Crippen molar-refractivity contribution in [3.63, 3.8) is 0 Å². The first-order chi connectivity index (χ1) is 8.34. The Morgan fingerprint density at radius 1 is 1.44 bits per heavy atom. The molecule has 5 nitrogen and oxygen atoms in total. The molecule has 0 spiro atoms. The molecule has 0 aromatic carbocycles. The molecule has 0 aliphatic carbocycles. The van der Waals surface area contributed by atoms with E-state index in [0.29, 0.717) is 44.9 Å². The Kier molecular flexibility index (Phi) is 5.56. The molecule has 1 saturated heterocycles. The molecule has 0 bridgehead atoms. The van der Waals surface area contributed by atoms with Gasteiger partial charge in [-0.15, -0.1) is 0 Å². The molecule has 1 heterocycles. The molecular formula is C13H26N2O3. The number of hydrogen-bond donors (Lipinski definition) is 2. The van der Waals surface area contributed by atoms with Crippen molar-refractivity contribution < 1.29 is 14.6 Å². The fourth-order valence-corrected chi connectivity index (χ4v) is 2.32. The molecule has 106 valence electrons. The zero-order chi connectivity index (χ0) is 13.8. The Morgan fingerprint density at radius 3 is 2.50 bits per heavy atom. The van der Waals surface area contributed by atoms with Gasteiger partial charge in [-0.3, -0.25) is 4.79 Å². The minimum atomic E-state index is -0.819. The fraction of sp³-hybridized carbons (Fsp3) is 0.923. The van der Waals surface area contributed by atoms with Crippen molar-refractivity contribution >= 4 is 5.91 Å². The van der Waals surface area contributed by atoms with E-state index < -0.39 is 11.6 Å². The molecule has 0 aromatic heterocycles. The van der Waals surface area contributed by atoms with E-state index in [0.717, 1.165) is 0 Å². The second-order valence-electron chi connectivity index (χ2n) is 5.77. The highest BCUT2D eigenvalue weighted by molar-refractivity contribution is 5.81. The fourth-order valence-electron chi connectivity index (χ4n) is 2.32. The molecule has 1 unspecified atom stereocenters. The van der Waals surface area contributed by atoms with E-state index in [1.165, 1.54) is 0 Å². The molecule has 18 heavy (non-hydrogen) atoms. The average Bonchev–Trinajstić information content (AvgIpc) is 2.27. The van der Waals surface area contributed by atoms with Crippen molar-refractivity contribution in [2.75, 3.05) is 26.8 Å². The van der Waals surface area contributed by atoms with Crippen molar-refractivity contribution in [2.24, 2.45) is 11.7 Å². The molecule has 1 rings (SSSR count). The Hall–Kier alpha value is -0.650. The maximum absolute atomic E-state index is 12.1. The van der Waals surface area contributed by atoms with Crippen LogP contribution in [0.5, 0.6) is 0 Å². The van der Waals surface area contributed by atoms with Crippen LogP contribution >= 0.6 is 0 Å². The summed E-state index contributed by atoms with van der Waals surface area (Å²) in [4.78, 5) is 13.6. The third kappa shape index (κ3) is 4.55. The second kappa shape index (κ2) is 6.50. The minimum Gasteiger partial charge on any atom is -0.388 e. The van der Waals surface area contributed by atoms with Gasteiger partial charge in [0.25, 0.3) is 0 Å². The predicted octanol–water partition coefficient (Wildman–Crippen LogP) is 0.360. The zero-order valence-electron chi connectivity index (χ0n) is 11.7. The second-order valence-corrected chi connectivity index (χ2v) is 5.77. The molecule has 0 radical (unpaired) electrons. The van der Waals surface area contributed by atoms with Gasteiger partial charge in [-0.05, 0) is 12.3 Å². The van der Waals surface area contributed by atoms with Gasteiger partial charge in [-0.1, -0.05) is 13.8 Å². The number of ether oxygens (including phenoxy) is 1. The van der Waals surface area contributed by atoms with Crippen LogP contribution in [0.1, 0.15) is 33.1 Å². The quantitative estimate of drug-likeness (QED) is 0.746. The number of rotatable bonds is 5. The standard InChI is InChI=1S/C13H26N2O3/c1-10(2)8-11(14)12(16)15(3)9-13(17)4-6-18-7-5-13/h10-11,17H,4-9,14H2,1-3H3. The zero-order valence-corrected chi connectivity index (χ0v) is 11.7. The molecule has 5 heteroatoms. The molecule has 1 atom stereocenters. The minimum absolute atomic E-state index is 0.0939. The lowest BCUT2D eigenvalue weighted by molar-refractivity contribution is -0.138. The van der Waals surface area contributed by atoms with Gasteiger partial charge in [0.2, 0.25) is 5.91 Å². The van der Waals surface area contributed by atoms with E-state index in [-0.39, 0.29) is 5.91 Å². The van der Waals surface area contributed by atoms with E-state index in [1.807, 2.05) is 13.8 Å². The smallest absolute Gasteiger partial charge is 0.239 e. The predicted molar refractivity (Wildman–Crippen MR) is 70.1 cm³/mol. The van der Waals surface area contributed by atoms with E-state index in [9.17, 15) is 9.90 Å². The first-order valence-corrected chi connectivity index (χ1v) is 6.65. The van der Waals surface area contributed by atoms with Gasteiger partial charge in [0.05, 0.1) is 11.6 Å². The van der Waals surface area contributed by atoms with Crippen molar-refractivity contribution in [3.8, 4) is 0 Å². The van der Waals surface area contributed by atoms with Crippen LogP contribution in [-0.2, 0) is 9.53 Å². The number of likely N-dealkylation sites (N-methyl/N-ethyl adjacent to an activating group) is 1. The highest BCUT2D eigenvalue weighted by Crippen LogP contribution is 2.21. The van der Waals surface area contributed by atoms with Gasteiger partial charge in [0, 0.05) is 39.6 Å². The van der Waals surface area contributed by atoms with Gasteiger partial charge in [0.15, 0.2) is 0 Å². The summed E-state index contributed by atoms with van der Waals surface area (Å²) >= 11 is 0. The van der Waals surface area contributed by atoms with Crippen LogP contribution in [0.25, 0.3) is 0 Å². The van der Waals surface area contributed by atoms with E-state index in [2.05, 4.69) is 0 Å². The lowest BCUT2D eigenvalue weighted by Gasteiger charge is -2.36. The van der Waals surface area contributed by atoms with E-state index >= 15 is 0 Å². The summed E-state index contributed by atoms with van der Waals surface area (Å²) in [6.07, 6.45) is 1.82. The van der Waals surface area contributed by atoms with Gasteiger partial charge in [0.1, 0.15) is 0 Å². The van der Waals surface area contributed by atoms with Gasteiger partial charge in [-0.2, -0.15) is 0 Å². The van der Waals surface area contributed by atoms with Crippen molar-refractivity contribution in [3.05, 3.63) is 0 Å². The molecule has 1 amide bonds. The molecule has 0 saturated carbocycles. The lowest BCUT2D eigenvalue weighted by atomic mass is 9.93. The highest BCUT2D eigenvalue weighted by atomic mass is 16.5. The van der Waals surface area contributed by atoms with Crippen molar-refractivity contribution in [1.82, 2.24) is 4.90 Å². The third-order valence-electron chi connectivity index (χ3n) is 3.37. The van der Waals surface area contributed by atoms with Crippen molar-refractivity contribution in [2.45, 2.75) is 44.8 Å². The van der Waals surface area contributed by atoms with Gasteiger partial charge < -0.3 is 20.5 Å². The summed E-state index contributed by atoms with van der Waals surface area (Å²) in [7, 11) is 1.70. The van der Waals surface area contributed by atoms with Crippen LogP contribution in [0.15, 0.2) is 0 Å². The number of carbonyl (C=O) groups is 1. The summed E-state index contributed by atoms with van der Waals surface area (Å²) < 4.78 is 5.22. The summed E-state index contributed by atoms with van der Waals surface area (Å²) in [5.41, 5.74) is 5.05. The highest BCUT2D eigenvalue weighted by Gasteiger charge is 2.33. The maximum Gasteiger partial charge on any atom is 0.239 e. The third-order valence-corrected chi connectivity index (χ3v) is 3.37. The maximum atomic E-state index is 12.1. The van der Waals surface area contributed by atoms with Crippen LogP contribution in [-0.4, -0.2) is 54.4 Å². The number of hydrogen-bond acceptors (Lipinski definition) is 4. The van der Waals surface area contributed by atoms with Crippen LogP contribution in [0.4, 0.5) is 0 Å². The van der Waals surface area contributed by atoms with Crippen LogP contribution in [0, 0.1) is 5.92 Å². The van der Waals surface area contributed by atoms with Gasteiger partial charge >= 0.3 is 0 Å².